The van der Waals surface area contributed by atoms with Gasteiger partial charge in [0.2, 0.25) is 0 Å². The molecule has 114 valence electrons. The molecular weight excluding hydrogens is 282 g/mol. The standard InChI is InChI=1S/C14H16F2N2O3/c1-17(8-12(15)16)14(21)18-7-9(6-13(19)20)10-4-2-3-5-11(10)18/h2-5,9,12H,6-8H2,1H3,(H,19,20). The van der Waals surface area contributed by atoms with E-state index in [1.165, 1.54) is 11.9 Å². The van der Waals surface area contributed by atoms with Crippen LogP contribution in [-0.4, -0.2) is 48.6 Å². The van der Waals surface area contributed by atoms with Crippen LogP contribution in [0.1, 0.15) is 17.9 Å². The first kappa shape index (κ1) is 15.2. The second-order valence-corrected chi connectivity index (χ2v) is 5.02. The maximum atomic E-state index is 12.4. The SMILES string of the molecule is CN(CC(F)F)C(=O)N1CC(CC(=O)O)c2ccccc21. The van der Waals surface area contributed by atoms with Crippen molar-refractivity contribution < 1.29 is 23.5 Å². The number of urea groups is 1. The van der Waals surface area contributed by atoms with Gasteiger partial charge in [0.15, 0.2) is 0 Å². The molecule has 7 heteroatoms. The van der Waals surface area contributed by atoms with Crippen LogP contribution in [0.4, 0.5) is 19.3 Å². The molecule has 0 saturated heterocycles. The van der Waals surface area contributed by atoms with Gasteiger partial charge < -0.3 is 10.0 Å². The van der Waals surface area contributed by atoms with E-state index in [1.54, 1.807) is 24.3 Å². The van der Waals surface area contributed by atoms with Crippen LogP contribution < -0.4 is 4.90 Å². The lowest BCUT2D eigenvalue weighted by Gasteiger charge is -2.25. The van der Waals surface area contributed by atoms with Crippen LogP contribution in [0.3, 0.4) is 0 Å². The molecule has 2 amide bonds. The highest BCUT2D eigenvalue weighted by Crippen LogP contribution is 2.38. The van der Waals surface area contributed by atoms with E-state index in [9.17, 15) is 18.4 Å². The average Bonchev–Trinajstić information content (AvgIpc) is 2.75. The zero-order chi connectivity index (χ0) is 15.6. The number of anilines is 1. The molecule has 0 aliphatic carbocycles. The first-order valence-corrected chi connectivity index (χ1v) is 6.51. The maximum absolute atomic E-state index is 12.4. The lowest BCUT2D eigenvalue weighted by Crippen LogP contribution is -2.42. The van der Waals surface area contributed by atoms with Crippen LogP contribution in [0.5, 0.6) is 0 Å². The van der Waals surface area contributed by atoms with Gasteiger partial charge in [0.05, 0.1) is 13.0 Å². The largest absolute Gasteiger partial charge is 0.481 e. The van der Waals surface area contributed by atoms with E-state index in [2.05, 4.69) is 0 Å². The van der Waals surface area contributed by atoms with Gasteiger partial charge in [-0.3, -0.25) is 9.69 Å². The van der Waals surface area contributed by atoms with Crippen molar-refractivity contribution in [3.05, 3.63) is 29.8 Å². The summed E-state index contributed by atoms with van der Waals surface area (Å²) in [5.74, 6) is -1.27. The number of rotatable bonds is 4. The van der Waals surface area contributed by atoms with Crippen molar-refractivity contribution in [2.75, 3.05) is 25.0 Å². The predicted octanol–water partition coefficient (Wildman–Crippen LogP) is 2.38. The molecule has 1 unspecified atom stereocenters. The molecular formula is C14H16F2N2O3. The molecule has 1 aromatic rings. The van der Waals surface area contributed by atoms with Crippen LogP contribution in [0.15, 0.2) is 24.3 Å². The second-order valence-electron chi connectivity index (χ2n) is 5.02. The van der Waals surface area contributed by atoms with Crippen molar-refractivity contribution in [3.8, 4) is 0 Å². The molecule has 1 aliphatic heterocycles. The smallest absolute Gasteiger partial charge is 0.324 e. The summed E-state index contributed by atoms with van der Waals surface area (Å²) in [4.78, 5) is 25.5. The highest BCUT2D eigenvalue weighted by Gasteiger charge is 2.34. The van der Waals surface area contributed by atoms with E-state index in [0.29, 0.717) is 5.69 Å². The zero-order valence-electron chi connectivity index (χ0n) is 11.5. The molecule has 0 spiro atoms. The highest BCUT2D eigenvalue weighted by molar-refractivity contribution is 5.95. The summed E-state index contributed by atoms with van der Waals surface area (Å²) in [7, 11) is 1.31. The maximum Gasteiger partial charge on any atom is 0.324 e. The van der Waals surface area contributed by atoms with Gasteiger partial charge in [-0.1, -0.05) is 18.2 Å². The Kier molecular flexibility index (Phi) is 4.40. The fraction of sp³-hybridized carbons (Fsp3) is 0.429. The van der Waals surface area contributed by atoms with Gasteiger partial charge in [-0.2, -0.15) is 0 Å². The highest BCUT2D eigenvalue weighted by atomic mass is 19.3. The number of hydrogen-bond donors (Lipinski definition) is 1. The summed E-state index contributed by atoms with van der Waals surface area (Å²) in [6, 6.07) is 6.42. The van der Waals surface area contributed by atoms with Gasteiger partial charge in [-0.05, 0) is 11.6 Å². The van der Waals surface area contributed by atoms with Crippen LogP contribution in [0, 0.1) is 0 Å². The number of carboxylic acid groups (broad SMARTS) is 1. The second kappa shape index (κ2) is 6.07. The molecule has 0 radical (unpaired) electrons. The molecule has 1 N–H and O–H groups in total. The van der Waals surface area contributed by atoms with E-state index in [0.717, 1.165) is 10.5 Å². The van der Waals surface area contributed by atoms with E-state index in [1.807, 2.05) is 0 Å². The fourth-order valence-electron chi connectivity index (χ4n) is 2.55. The zero-order valence-corrected chi connectivity index (χ0v) is 11.5. The van der Waals surface area contributed by atoms with Gasteiger partial charge in [0.1, 0.15) is 0 Å². The van der Waals surface area contributed by atoms with Crippen LogP contribution in [0.2, 0.25) is 0 Å². The number of halogens is 2. The molecule has 0 saturated carbocycles. The van der Waals surface area contributed by atoms with Crippen molar-refractivity contribution >= 4 is 17.7 Å². The van der Waals surface area contributed by atoms with E-state index < -0.39 is 25.0 Å². The van der Waals surface area contributed by atoms with Crippen LogP contribution >= 0.6 is 0 Å². The summed E-state index contributed by atoms with van der Waals surface area (Å²) < 4.78 is 24.8. The van der Waals surface area contributed by atoms with Crippen molar-refractivity contribution in [2.24, 2.45) is 0 Å². The van der Waals surface area contributed by atoms with Gasteiger partial charge >= 0.3 is 12.0 Å². The molecule has 1 aromatic carbocycles. The number of hydrogen-bond acceptors (Lipinski definition) is 2. The van der Waals surface area contributed by atoms with Crippen molar-refractivity contribution in [1.29, 1.82) is 0 Å². The molecule has 1 heterocycles. The van der Waals surface area contributed by atoms with Crippen molar-refractivity contribution in [1.82, 2.24) is 4.90 Å². The van der Waals surface area contributed by atoms with Crippen LogP contribution in [0.25, 0.3) is 0 Å². The number of carbonyl (C=O) groups excluding carboxylic acids is 1. The average molecular weight is 298 g/mol. The molecule has 5 nitrogen and oxygen atoms in total. The topological polar surface area (TPSA) is 60.9 Å². The number of carboxylic acids is 1. The monoisotopic (exact) mass is 298 g/mol. The van der Waals surface area contributed by atoms with Crippen molar-refractivity contribution in [3.63, 3.8) is 0 Å². The van der Waals surface area contributed by atoms with E-state index >= 15 is 0 Å². The minimum Gasteiger partial charge on any atom is -0.481 e. The number of benzene rings is 1. The fourth-order valence-corrected chi connectivity index (χ4v) is 2.55. The Morgan fingerprint density at radius 2 is 2.10 bits per heavy atom. The number of amides is 2. The number of para-hydroxylation sites is 1. The van der Waals surface area contributed by atoms with Gasteiger partial charge in [0, 0.05) is 25.2 Å². The molecule has 0 fully saturated rings. The summed E-state index contributed by atoms with van der Waals surface area (Å²) >= 11 is 0. The van der Waals surface area contributed by atoms with Gasteiger partial charge in [-0.15, -0.1) is 0 Å². The third-order valence-corrected chi connectivity index (χ3v) is 3.46. The Hall–Kier alpha value is -2.18. The summed E-state index contributed by atoms with van der Waals surface area (Å²) in [6.45, 7) is -0.459. The number of fused-ring (bicyclic) bond motifs is 1. The summed E-state index contributed by atoms with van der Waals surface area (Å²) in [5, 5.41) is 8.94. The first-order chi connectivity index (χ1) is 9.90. The number of aliphatic carboxylic acids is 1. The van der Waals surface area contributed by atoms with Gasteiger partial charge in [0.25, 0.3) is 6.43 Å². The third-order valence-electron chi connectivity index (χ3n) is 3.46. The minimum atomic E-state index is -2.60. The molecule has 1 aliphatic rings. The number of alkyl halides is 2. The van der Waals surface area contributed by atoms with Gasteiger partial charge in [-0.25, -0.2) is 13.6 Å². The molecule has 21 heavy (non-hydrogen) atoms. The lowest BCUT2D eigenvalue weighted by atomic mass is 9.98. The van der Waals surface area contributed by atoms with Crippen LogP contribution in [-0.2, 0) is 4.79 Å². The van der Waals surface area contributed by atoms with Crippen molar-refractivity contribution in [2.45, 2.75) is 18.8 Å². The first-order valence-electron chi connectivity index (χ1n) is 6.51. The summed E-state index contributed by atoms with van der Waals surface area (Å²) in [5.41, 5.74) is 1.36. The Balaban J connectivity index is 2.22. The number of carbonyl (C=O) groups is 2. The Morgan fingerprint density at radius 3 is 2.71 bits per heavy atom. The molecule has 0 bridgehead atoms. The summed E-state index contributed by atoms with van der Waals surface area (Å²) in [6.07, 6.45) is -2.70. The lowest BCUT2D eigenvalue weighted by molar-refractivity contribution is -0.137. The predicted molar refractivity (Wildman–Crippen MR) is 72.8 cm³/mol. The van der Waals surface area contributed by atoms with E-state index in [-0.39, 0.29) is 18.9 Å². The number of nitrogens with zero attached hydrogens (tertiary/aromatic N) is 2. The molecule has 1 atom stereocenters. The Labute approximate surface area is 120 Å². The molecule has 2 rings (SSSR count). The Bertz CT molecular complexity index is 551. The quantitative estimate of drug-likeness (QED) is 0.928. The normalized spacial score (nSPS) is 17.0. The molecule has 0 aromatic heterocycles. The minimum absolute atomic E-state index is 0.0979. The third kappa shape index (κ3) is 3.29. The Morgan fingerprint density at radius 1 is 1.43 bits per heavy atom. The van der Waals surface area contributed by atoms with E-state index in [4.69, 9.17) is 5.11 Å².